The second-order valence-corrected chi connectivity index (χ2v) is 5.26. The third-order valence-corrected chi connectivity index (χ3v) is 2.54. The highest BCUT2D eigenvalue weighted by Crippen LogP contribution is 2.25. The highest BCUT2D eigenvalue weighted by Gasteiger charge is 2.21. The number of rotatable bonds is 4. The molecule has 0 radical (unpaired) electrons. The number of anilines is 1. The van der Waals surface area contributed by atoms with Gasteiger partial charge in [0, 0.05) is 19.2 Å². The van der Waals surface area contributed by atoms with Gasteiger partial charge in [-0.3, -0.25) is 0 Å². The largest absolute Gasteiger partial charge is 0.389 e. The molecule has 0 amide bonds. The van der Waals surface area contributed by atoms with E-state index in [1.165, 1.54) is 11.9 Å². The molecule has 18 heavy (non-hydrogen) atoms. The average Bonchev–Trinajstić information content (AvgIpc) is 2.12. The maximum absolute atomic E-state index is 13.8. The monoisotopic (exact) mass is 274 g/mol. The number of nitrogens with two attached hydrogens (primary N) is 1. The van der Waals surface area contributed by atoms with E-state index in [1.807, 2.05) is 0 Å². The van der Waals surface area contributed by atoms with Gasteiger partial charge in [-0.05, 0) is 26.0 Å². The van der Waals surface area contributed by atoms with Gasteiger partial charge in [0.05, 0.1) is 5.60 Å². The molecule has 0 saturated carbocycles. The Morgan fingerprint density at radius 1 is 1.39 bits per heavy atom. The topological polar surface area (TPSA) is 49.5 Å². The third kappa shape index (κ3) is 3.61. The molecule has 0 aliphatic carbocycles. The summed E-state index contributed by atoms with van der Waals surface area (Å²) < 4.78 is 27.6. The van der Waals surface area contributed by atoms with Gasteiger partial charge in [-0.1, -0.05) is 12.2 Å². The summed E-state index contributed by atoms with van der Waals surface area (Å²) in [6, 6.07) is 2.17. The number of thiocarbonyl (C=S) groups is 1. The van der Waals surface area contributed by atoms with Gasteiger partial charge in [0.1, 0.15) is 22.3 Å². The fourth-order valence-electron chi connectivity index (χ4n) is 1.73. The molecular weight excluding hydrogens is 258 g/mol. The lowest BCUT2D eigenvalue weighted by Gasteiger charge is -2.28. The van der Waals surface area contributed by atoms with Gasteiger partial charge < -0.3 is 15.7 Å². The van der Waals surface area contributed by atoms with Gasteiger partial charge in [-0.25, -0.2) is 8.78 Å². The zero-order valence-corrected chi connectivity index (χ0v) is 11.3. The van der Waals surface area contributed by atoms with E-state index < -0.39 is 17.2 Å². The van der Waals surface area contributed by atoms with Crippen LogP contribution < -0.4 is 10.6 Å². The van der Waals surface area contributed by atoms with E-state index in [9.17, 15) is 13.9 Å². The number of hydrogen-bond acceptors (Lipinski definition) is 3. The zero-order valence-electron chi connectivity index (χ0n) is 10.5. The fourth-order valence-corrected chi connectivity index (χ4v) is 1.85. The van der Waals surface area contributed by atoms with Crippen molar-refractivity contribution in [2.45, 2.75) is 19.4 Å². The van der Waals surface area contributed by atoms with Gasteiger partial charge in [-0.15, -0.1) is 0 Å². The maximum atomic E-state index is 13.8. The van der Waals surface area contributed by atoms with E-state index in [4.69, 9.17) is 5.73 Å². The number of nitrogens with zero attached hydrogens (tertiary/aromatic N) is 1. The van der Waals surface area contributed by atoms with Crippen LogP contribution in [0.1, 0.15) is 19.4 Å². The van der Waals surface area contributed by atoms with E-state index in [0.29, 0.717) is 0 Å². The molecule has 0 bridgehead atoms. The SMILES string of the molecule is CN(CC(C)(C)O)c1c(F)cc(C(N)=S)cc1F. The lowest BCUT2D eigenvalue weighted by Crippen LogP contribution is -2.37. The van der Waals surface area contributed by atoms with E-state index in [1.54, 1.807) is 13.8 Å². The number of halogens is 2. The highest BCUT2D eigenvalue weighted by molar-refractivity contribution is 7.80. The minimum atomic E-state index is -1.06. The predicted octanol–water partition coefficient (Wildman–Crippen LogP) is 1.81. The summed E-state index contributed by atoms with van der Waals surface area (Å²) in [6.45, 7) is 3.21. The van der Waals surface area contributed by atoms with Crippen molar-refractivity contribution in [1.29, 1.82) is 0 Å². The molecule has 0 aromatic heterocycles. The van der Waals surface area contributed by atoms with Gasteiger partial charge >= 0.3 is 0 Å². The van der Waals surface area contributed by atoms with E-state index in [-0.39, 0.29) is 22.8 Å². The lowest BCUT2D eigenvalue weighted by atomic mass is 10.1. The minimum Gasteiger partial charge on any atom is -0.389 e. The first-order chi connectivity index (χ1) is 8.11. The van der Waals surface area contributed by atoms with Crippen LogP contribution in [0.5, 0.6) is 0 Å². The van der Waals surface area contributed by atoms with Crippen molar-refractivity contribution in [3.05, 3.63) is 29.3 Å². The molecule has 100 valence electrons. The van der Waals surface area contributed by atoms with Crippen LogP contribution >= 0.6 is 12.2 Å². The fraction of sp³-hybridized carbons (Fsp3) is 0.417. The van der Waals surface area contributed by atoms with Crippen molar-refractivity contribution in [2.24, 2.45) is 5.73 Å². The molecule has 0 heterocycles. The molecule has 0 aliphatic rings. The Bertz CT molecular complexity index is 449. The number of aliphatic hydroxyl groups is 1. The average molecular weight is 274 g/mol. The number of benzene rings is 1. The molecule has 3 nitrogen and oxygen atoms in total. The van der Waals surface area contributed by atoms with Crippen molar-refractivity contribution in [1.82, 2.24) is 0 Å². The first-order valence-corrected chi connectivity index (χ1v) is 5.75. The Morgan fingerprint density at radius 3 is 2.17 bits per heavy atom. The van der Waals surface area contributed by atoms with Crippen LogP contribution in [0, 0.1) is 11.6 Å². The van der Waals surface area contributed by atoms with Crippen LogP contribution in [0.2, 0.25) is 0 Å². The summed E-state index contributed by atoms with van der Waals surface area (Å²) in [5.41, 5.74) is 4.19. The Kier molecular flexibility index (Phi) is 4.24. The molecule has 3 N–H and O–H groups in total. The van der Waals surface area contributed by atoms with E-state index >= 15 is 0 Å². The highest BCUT2D eigenvalue weighted by atomic mass is 32.1. The summed E-state index contributed by atoms with van der Waals surface area (Å²) >= 11 is 4.67. The summed E-state index contributed by atoms with van der Waals surface area (Å²) in [6.07, 6.45) is 0. The first kappa shape index (κ1) is 14.8. The Morgan fingerprint density at radius 2 is 1.83 bits per heavy atom. The molecule has 1 aromatic rings. The summed E-state index contributed by atoms with van der Waals surface area (Å²) in [4.78, 5) is 1.25. The summed E-state index contributed by atoms with van der Waals surface area (Å²) in [5, 5.41) is 9.65. The van der Waals surface area contributed by atoms with Crippen LogP contribution in [-0.4, -0.2) is 29.3 Å². The molecule has 0 saturated heterocycles. The smallest absolute Gasteiger partial charge is 0.150 e. The molecular formula is C12H16F2N2OS. The Labute approximate surface area is 110 Å². The first-order valence-electron chi connectivity index (χ1n) is 5.34. The van der Waals surface area contributed by atoms with Gasteiger partial charge in [0.15, 0.2) is 0 Å². The van der Waals surface area contributed by atoms with Gasteiger partial charge in [0.25, 0.3) is 0 Å². The molecule has 1 rings (SSSR count). The molecule has 0 unspecified atom stereocenters. The third-order valence-electron chi connectivity index (χ3n) is 2.31. The number of hydrogen-bond donors (Lipinski definition) is 2. The second-order valence-electron chi connectivity index (χ2n) is 4.82. The van der Waals surface area contributed by atoms with Crippen LogP contribution in [-0.2, 0) is 0 Å². The molecule has 1 aromatic carbocycles. The lowest BCUT2D eigenvalue weighted by molar-refractivity contribution is 0.0883. The predicted molar refractivity (Wildman–Crippen MR) is 71.8 cm³/mol. The normalized spacial score (nSPS) is 11.4. The van der Waals surface area contributed by atoms with E-state index in [0.717, 1.165) is 12.1 Å². The van der Waals surface area contributed by atoms with Crippen molar-refractivity contribution in [3.8, 4) is 0 Å². The minimum absolute atomic E-state index is 0.0653. The van der Waals surface area contributed by atoms with Crippen LogP contribution in [0.25, 0.3) is 0 Å². The van der Waals surface area contributed by atoms with Crippen molar-refractivity contribution < 1.29 is 13.9 Å². The Balaban J connectivity index is 3.14. The quantitative estimate of drug-likeness (QED) is 0.822. The van der Waals surface area contributed by atoms with Gasteiger partial charge in [0.2, 0.25) is 0 Å². The molecule has 0 aliphatic heterocycles. The molecule has 0 atom stereocenters. The zero-order chi connectivity index (χ0) is 14.1. The van der Waals surface area contributed by atoms with Crippen molar-refractivity contribution >= 4 is 22.9 Å². The van der Waals surface area contributed by atoms with E-state index in [2.05, 4.69) is 12.2 Å². The van der Waals surface area contributed by atoms with Crippen molar-refractivity contribution in [3.63, 3.8) is 0 Å². The number of likely N-dealkylation sites (N-methyl/N-ethyl adjacent to an activating group) is 1. The van der Waals surface area contributed by atoms with Crippen LogP contribution in [0.4, 0.5) is 14.5 Å². The van der Waals surface area contributed by atoms with Crippen LogP contribution in [0.15, 0.2) is 12.1 Å². The standard InChI is InChI=1S/C12H16F2N2OS/c1-12(2,17)6-16(3)10-8(13)4-7(11(15)18)5-9(10)14/h4-5,17H,6H2,1-3H3,(H2,15,18). The van der Waals surface area contributed by atoms with Crippen LogP contribution in [0.3, 0.4) is 0 Å². The van der Waals surface area contributed by atoms with Crippen molar-refractivity contribution in [2.75, 3.05) is 18.5 Å². The summed E-state index contributed by atoms with van der Waals surface area (Å²) in [7, 11) is 1.50. The molecule has 0 spiro atoms. The van der Waals surface area contributed by atoms with Gasteiger partial charge in [-0.2, -0.15) is 0 Å². The Hall–Kier alpha value is -1.27. The summed E-state index contributed by atoms with van der Waals surface area (Å²) in [5.74, 6) is -1.52. The molecule has 0 fully saturated rings. The maximum Gasteiger partial charge on any atom is 0.150 e. The second kappa shape index (κ2) is 5.16. The molecule has 6 heteroatoms.